The molecule has 1 aromatic rings. The van der Waals surface area contributed by atoms with E-state index in [1.165, 1.54) is 6.07 Å². The molecule has 51 valence electrons. The lowest BCUT2D eigenvalue weighted by molar-refractivity contribution is 0.0690. The van der Waals surface area contributed by atoms with Crippen LogP contribution in [0.25, 0.3) is 0 Å². The fourth-order valence-corrected chi connectivity index (χ4v) is 0.492. The maximum Gasteiger partial charge on any atom is 0.354 e. The number of hydrogen-bond donors (Lipinski definition) is 2. The molecule has 1 rings (SSSR count). The molecule has 0 atom stereocenters. The third-order valence-electron chi connectivity index (χ3n) is 0.901. The third-order valence-corrected chi connectivity index (χ3v) is 0.901. The summed E-state index contributed by atoms with van der Waals surface area (Å²) in [6.07, 6.45) is 2.23. The summed E-state index contributed by atoms with van der Waals surface area (Å²) in [5, 5.41) is 17.0. The number of aromatic nitrogens is 1. The minimum Gasteiger partial charge on any atom is -0.508 e. The van der Waals surface area contributed by atoms with Gasteiger partial charge in [-0.1, -0.05) is 0 Å². The Balaban J connectivity index is 3.07. The van der Waals surface area contributed by atoms with Crippen molar-refractivity contribution >= 4 is 5.97 Å². The monoisotopic (exact) mass is 138 g/mol. The predicted molar refractivity (Wildman–Crippen MR) is 31.7 cm³/mol. The van der Waals surface area contributed by atoms with E-state index in [1.807, 2.05) is 0 Å². The molecule has 0 bridgehead atoms. The van der Waals surface area contributed by atoms with Crippen LogP contribution in [0.3, 0.4) is 0 Å². The van der Waals surface area contributed by atoms with Gasteiger partial charge in [-0.2, -0.15) is 0 Å². The molecule has 0 saturated heterocycles. The van der Waals surface area contributed by atoms with Crippen molar-refractivity contribution in [2.24, 2.45) is 0 Å². The zero-order valence-corrected chi connectivity index (χ0v) is 4.90. The molecule has 0 spiro atoms. The summed E-state index contributed by atoms with van der Waals surface area (Å²) in [4.78, 5) is 13.5. The summed E-state index contributed by atoms with van der Waals surface area (Å²) in [6.45, 7) is 0. The number of carboxylic acids is 1. The van der Waals surface area contributed by atoms with Gasteiger partial charge in [0.1, 0.15) is 5.75 Å². The van der Waals surface area contributed by atoms with Crippen molar-refractivity contribution < 1.29 is 15.0 Å². The van der Waals surface area contributed by atoms with Crippen LogP contribution in [0.15, 0.2) is 12.1 Å². The largest absolute Gasteiger partial charge is 0.508 e. The first-order chi connectivity index (χ1) is 4.70. The van der Waals surface area contributed by atoms with Crippen LogP contribution in [0.5, 0.6) is 5.75 Å². The topological polar surface area (TPSA) is 70.4 Å². The van der Waals surface area contributed by atoms with Crippen LogP contribution >= 0.6 is 0 Å². The van der Waals surface area contributed by atoms with Gasteiger partial charge in [-0.25, -0.2) is 9.78 Å². The van der Waals surface area contributed by atoms with Gasteiger partial charge in [-0.3, -0.25) is 0 Å². The van der Waals surface area contributed by atoms with Crippen molar-refractivity contribution in [1.29, 1.82) is 0 Å². The lowest BCUT2D eigenvalue weighted by atomic mass is 10.3. The molecule has 0 fully saturated rings. The van der Waals surface area contributed by atoms with Gasteiger partial charge in [0.25, 0.3) is 0 Å². The number of nitrogens with zero attached hydrogens (tertiary/aromatic N) is 1. The first-order valence-corrected chi connectivity index (χ1v) is 2.50. The summed E-state index contributed by atoms with van der Waals surface area (Å²) in [7, 11) is 0. The van der Waals surface area contributed by atoms with Gasteiger partial charge in [0.05, 0.1) is 6.20 Å². The number of hydrogen-bond acceptors (Lipinski definition) is 3. The van der Waals surface area contributed by atoms with Gasteiger partial charge in [0.15, 0.2) is 5.69 Å². The highest BCUT2D eigenvalue weighted by Crippen LogP contribution is 2.06. The van der Waals surface area contributed by atoms with E-state index in [4.69, 9.17) is 10.2 Å². The summed E-state index contributed by atoms with van der Waals surface area (Å²) in [5.74, 6) is -1.32. The second kappa shape index (κ2) is 2.34. The van der Waals surface area contributed by atoms with Crippen molar-refractivity contribution in [3.8, 4) is 5.75 Å². The van der Waals surface area contributed by atoms with E-state index >= 15 is 0 Å². The zero-order valence-electron chi connectivity index (χ0n) is 4.90. The van der Waals surface area contributed by atoms with E-state index in [1.54, 1.807) is 0 Å². The highest BCUT2D eigenvalue weighted by Gasteiger charge is 2.03. The Bertz CT molecular complexity index is 259. The van der Waals surface area contributed by atoms with Gasteiger partial charge in [0.2, 0.25) is 0 Å². The Kier molecular flexibility index (Phi) is 1.53. The molecule has 0 aliphatic heterocycles. The Labute approximate surface area is 56.8 Å². The van der Waals surface area contributed by atoms with Crippen LogP contribution in [0.2, 0.25) is 0 Å². The van der Waals surface area contributed by atoms with Crippen molar-refractivity contribution in [1.82, 2.24) is 4.98 Å². The molecule has 0 aromatic carbocycles. The van der Waals surface area contributed by atoms with Crippen LogP contribution in [0.1, 0.15) is 10.5 Å². The van der Waals surface area contributed by atoms with Crippen LogP contribution < -0.4 is 0 Å². The highest BCUT2D eigenvalue weighted by molar-refractivity contribution is 5.85. The Morgan fingerprint density at radius 3 is 2.80 bits per heavy atom. The summed E-state index contributed by atoms with van der Waals surface area (Å²) in [6, 6.07) is 2.24. The fourth-order valence-electron chi connectivity index (χ4n) is 0.492. The maximum absolute atomic E-state index is 10.2. The second-order valence-electron chi connectivity index (χ2n) is 1.64. The van der Waals surface area contributed by atoms with Crippen molar-refractivity contribution in [3.05, 3.63) is 24.0 Å². The van der Waals surface area contributed by atoms with E-state index in [-0.39, 0.29) is 11.4 Å². The number of aromatic carboxylic acids is 1. The molecule has 1 aromatic heterocycles. The molecule has 0 unspecified atom stereocenters. The van der Waals surface area contributed by atoms with Gasteiger partial charge in [-0.05, 0) is 0 Å². The minimum atomic E-state index is -1.17. The molecule has 1 radical (unpaired) electrons. The summed E-state index contributed by atoms with van der Waals surface area (Å²) in [5.41, 5.74) is -0.208. The molecule has 4 heteroatoms. The van der Waals surface area contributed by atoms with E-state index in [0.29, 0.717) is 0 Å². The van der Waals surface area contributed by atoms with Gasteiger partial charge >= 0.3 is 5.97 Å². The van der Waals surface area contributed by atoms with Crippen LogP contribution in [-0.4, -0.2) is 21.2 Å². The summed E-state index contributed by atoms with van der Waals surface area (Å²) >= 11 is 0. The zero-order chi connectivity index (χ0) is 7.56. The molecule has 0 amide bonds. The second-order valence-corrected chi connectivity index (χ2v) is 1.64. The highest BCUT2D eigenvalue weighted by atomic mass is 16.4. The number of carbonyl (C=O) groups is 1. The Hall–Kier alpha value is -1.58. The van der Waals surface area contributed by atoms with E-state index in [9.17, 15) is 4.79 Å². The minimum absolute atomic E-state index is 0.146. The van der Waals surface area contributed by atoms with Gasteiger partial charge in [0, 0.05) is 12.1 Å². The number of pyridine rings is 1. The number of aromatic hydroxyl groups is 1. The summed E-state index contributed by atoms with van der Waals surface area (Å²) < 4.78 is 0. The molecule has 1 heterocycles. The van der Waals surface area contributed by atoms with Crippen LogP contribution in [-0.2, 0) is 0 Å². The standard InChI is InChI=1S/C6H4NO3/c8-4-1-2-7-5(3-4)6(9)10/h1,3H,(H,7,8)(H,9,10). The average molecular weight is 138 g/mol. The molecule has 0 aliphatic rings. The molecule has 4 nitrogen and oxygen atoms in total. The SMILES string of the molecule is O=C(O)c1cc(O)c[c]n1. The molecule has 0 saturated carbocycles. The Morgan fingerprint density at radius 1 is 1.70 bits per heavy atom. The molecule has 2 N–H and O–H groups in total. The molecular weight excluding hydrogens is 134 g/mol. The van der Waals surface area contributed by atoms with Gasteiger partial charge in [-0.15, -0.1) is 0 Å². The lowest BCUT2D eigenvalue weighted by Gasteiger charge is -1.91. The molecule has 10 heavy (non-hydrogen) atoms. The fraction of sp³-hybridized carbons (Fsp3) is 0. The van der Waals surface area contributed by atoms with Gasteiger partial charge < -0.3 is 10.2 Å². The molecule has 0 aliphatic carbocycles. The van der Waals surface area contributed by atoms with Crippen molar-refractivity contribution in [3.63, 3.8) is 0 Å². The van der Waals surface area contributed by atoms with Crippen molar-refractivity contribution in [2.75, 3.05) is 0 Å². The van der Waals surface area contributed by atoms with E-state index < -0.39 is 5.97 Å². The molecular formula is C6H4NO3. The Morgan fingerprint density at radius 2 is 2.40 bits per heavy atom. The number of rotatable bonds is 1. The van der Waals surface area contributed by atoms with Crippen molar-refractivity contribution in [2.45, 2.75) is 0 Å². The first-order valence-electron chi connectivity index (χ1n) is 2.50. The smallest absolute Gasteiger partial charge is 0.354 e. The van der Waals surface area contributed by atoms with Crippen LogP contribution in [0, 0.1) is 6.20 Å². The third kappa shape index (κ3) is 1.22. The quantitative estimate of drug-likeness (QED) is 0.585. The normalized spacial score (nSPS) is 9.20. The maximum atomic E-state index is 10.2. The van der Waals surface area contributed by atoms with E-state index in [0.717, 1.165) is 6.07 Å². The van der Waals surface area contributed by atoms with Crippen LogP contribution in [0.4, 0.5) is 0 Å². The predicted octanol–water partition coefficient (Wildman–Crippen LogP) is 0.286. The number of carboxylic acid groups (broad SMARTS) is 1. The lowest BCUT2D eigenvalue weighted by Crippen LogP contribution is -1.98. The average Bonchev–Trinajstić information content (AvgIpc) is 1.88. The van der Waals surface area contributed by atoms with E-state index in [2.05, 4.69) is 11.2 Å². The first kappa shape index (κ1) is 6.54.